The van der Waals surface area contributed by atoms with Crippen molar-refractivity contribution in [1.29, 1.82) is 0 Å². The Morgan fingerprint density at radius 3 is 1.91 bits per heavy atom. The van der Waals surface area contributed by atoms with Crippen LogP contribution >= 0.6 is 0 Å². The number of hydrogen-bond acceptors (Lipinski definition) is 4. The summed E-state index contributed by atoms with van der Waals surface area (Å²) in [4.78, 5) is 27.1. The fraction of sp³-hybridized carbons (Fsp3) is 0.222. The Balaban J connectivity index is 0.000000847. The van der Waals surface area contributed by atoms with Crippen LogP contribution in [0.3, 0.4) is 0 Å². The van der Waals surface area contributed by atoms with Crippen LogP contribution in [0, 0.1) is 0 Å². The summed E-state index contributed by atoms with van der Waals surface area (Å²) in [5.74, 6) is -0.331. The highest BCUT2D eigenvalue weighted by molar-refractivity contribution is 6.31. The highest BCUT2D eigenvalue weighted by Crippen LogP contribution is 2.35. The molecule has 0 atom stereocenters. The molecule has 0 heterocycles. The van der Waals surface area contributed by atoms with Crippen molar-refractivity contribution in [3.63, 3.8) is 0 Å². The molecule has 0 saturated heterocycles. The maximum Gasteiger partial charge on any atom is 0.196 e. The van der Waals surface area contributed by atoms with Crippen molar-refractivity contribution in [2.24, 2.45) is 0 Å². The standard InChI is InChI=1S/C16H14N2O2.C2H6/c1-18(2)12-8-4-6-10-14(12)16(20)9-5-3-7-11(17)13(9)15(10)19;1-2/h3-8H,17H2,1-2H3;1-2H3. The second kappa shape index (κ2) is 6.02. The fourth-order valence-corrected chi connectivity index (χ4v) is 2.62. The molecule has 0 saturated carbocycles. The highest BCUT2D eigenvalue weighted by atomic mass is 16.1. The number of carbonyl (C=O) groups excluding carboxylic acids is 2. The summed E-state index contributed by atoms with van der Waals surface area (Å²) in [6, 6.07) is 10.3. The molecule has 0 radical (unpaired) electrons. The van der Waals surface area contributed by atoms with Crippen LogP contribution in [0.25, 0.3) is 0 Å². The number of rotatable bonds is 1. The van der Waals surface area contributed by atoms with E-state index in [2.05, 4.69) is 0 Å². The molecule has 0 bridgehead atoms. The molecule has 114 valence electrons. The molecule has 0 fully saturated rings. The first kappa shape index (κ1) is 15.8. The zero-order chi connectivity index (χ0) is 16.4. The molecule has 1 aliphatic rings. The molecule has 3 rings (SSSR count). The molecule has 2 aromatic rings. The van der Waals surface area contributed by atoms with Gasteiger partial charge in [0, 0.05) is 36.6 Å². The summed E-state index contributed by atoms with van der Waals surface area (Å²) in [7, 11) is 3.70. The van der Waals surface area contributed by atoms with E-state index in [9.17, 15) is 9.59 Å². The average molecular weight is 296 g/mol. The summed E-state index contributed by atoms with van der Waals surface area (Å²) < 4.78 is 0. The molecule has 2 aromatic carbocycles. The molecule has 0 aromatic heterocycles. The second-order valence-electron chi connectivity index (χ2n) is 5.02. The van der Waals surface area contributed by atoms with Gasteiger partial charge in [0.2, 0.25) is 0 Å². The van der Waals surface area contributed by atoms with Crippen molar-refractivity contribution in [3.8, 4) is 0 Å². The zero-order valence-electron chi connectivity index (χ0n) is 13.3. The lowest BCUT2D eigenvalue weighted by Crippen LogP contribution is -2.25. The van der Waals surface area contributed by atoms with Crippen molar-refractivity contribution >= 4 is 22.9 Å². The SMILES string of the molecule is CC.CN(C)c1cccc2c1C(=O)c1cccc(N)c1C2=O. The Labute approximate surface area is 130 Å². The van der Waals surface area contributed by atoms with Gasteiger partial charge in [-0.2, -0.15) is 0 Å². The van der Waals surface area contributed by atoms with Crippen molar-refractivity contribution in [3.05, 3.63) is 58.7 Å². The predicted molar refractivity (Wildman–Crippen MR) is 89.8 cm³/mol. The Morgan fingerprint density at radius 1 is 0.818 bits per heavy atom. The van der Waals surface area contributed by atoms with Crippen LogP contribution < -0.4 is 10.6 Å². The van der Waals surface area contributed by atoms with Gasteiger partial charge < -0.3 is 10.6 Å². The monoisotopic (exact) mass is 296 g/mol. The largest absolute Gasteiger partial charge is 0.398 e. The minimum Gasteiger partial charge on any atom is -0.398 e. The average Bonchev–Trinajstić information content (AvgIpc) is 2.53. The summed E-state index contributed by atoms with van der Waals surface area (Å²) in [6.45, 7) is 4.00. The molecular weight excluding hydrogens is 276 g/mol. The van der Waals surface area contributed by atoms with E-state index >= 15 is 0 Å². The Kier molecular flexibility index (Phi) is 4.31. The third kappa shape index (κ3) is 2.26. The number of ketones is 2. The first-order chi connectivity index (χ1) is 10.5. The quantitative estimate of drug-likeness (QED) is 0.701. The van der Waals surface area contributed by atoms with Crippen LogP contribution in [0.15, 0.2) is 36.4 Å². The summed E-state index contributed by atoms with van der Waals surface area (Å²) >= 11 is 0. The van der Waals surface area contributed by atoms with Gasteiger partial charge in [-0.1, -0.05) is 38.1 Å². The third-order valence-corrected chi connectivity index (χ3v) is 3.56. The summed E-state index contributed by atoms with van der Waals surface area (Å²) in [5, 5.41) is 0. The van der Waals surface area contributed by atoms with Crippen LogP contribution in [0.2, 0.25) is 0 Å². The number of fused-ring (bicyclic) bond motifs is 2. The van der Waals surface area contributed by atoms with Gasteiger partial charge in [-0.25, -0.2) is 0 Å². The number of benzene rings is 2. The molecule has 4 heteroatoms. The van der Waals surface area contributed by atoms with Gasteiger partial charge in [0.1, 0.15) is 0 Å². The van der Waals surface area contributed by atoms with Crippen LogP contribution in [0.5, 0.6) is 0 Å². The van der Waals surface area contributed by atoms with E-state index in [0.717, 1.165) is 5.69 Å². The summed E-state index contributed by atoms with van der Waals surface area (Å²) in [5.41, 5.74) is 8.55. The van der Waals surface area contributed by atoms with Crippen molar-refractivity contribution in [2.45, 2.75) is 13.8 Å². The minimum atomic E-state index is -0.184. The number of hydrogen-bond donors (Lipinski definition) is 1. The molecule has 22 heavy (non-hydrogen) atoms. The number of nitrogens with zero attached hydrogens (tertiary/aromatic N) is 1. The molecule has 0 unspecified atom stereocenters. The van der Waals surface area contributed by atoms with Gasteiger partial charge in [0.25, 0.3) is 0 Å². The Morgan fingerprint density at radius 2 is 1.32 bits per heavy atom. The number of nitrogen functional groups attached to an aromatic ring is 1. The lowest BCUT2D eigenvalue weighted by molar-refractivity contribution is 0.0980. The van der Waals surface area contributed by atoms with Gasteiger partial charge in [0.15, 0.2) is 11.6 Å². The summed E-state index contributed by atoms with van der Waals surface area (Å²) in [6.07, 6.45) is 0. The molecular formula is C18H20N2O2. The molecule has 0 amide bonds. The smallest absolute Gasteiger partial charge is 0.196 e. The van der Waals surface area contributed by atoms with E-state index in [4.69, 9.17) is 5.73 Å². The van der Waals surface area contributed by atoms with Gasteiger partial charge >= 0.3 is 0 Å². The van der Waals surface area contributed by atoms with Crippen LogP contribution in [0.1, 0.15) is 45.7 Å². The zero-order valence-corrected chi connectivity index (χ0v) is 13.3. The van der Waals surface area contributed by atoms with Gasteiger partial charge in [-0.3, -0.25) is 9.59 Å². The predicted octanol–water partition coefficient (Wildman–Crippen LogP) is 3.14. The van der Waals surface area contributed by atoms with Crippen molar-refractivity contribution < 1.29 is 9.59 Å². The first-order valence-corrected chi connectivity index (χ1v) is 7.30. The van der Waals surface area contributed by atoms with Gasteiger partial charge in [-0.15, -0.1) is 0 Å². The van der Waals surface area contributed by atoms with Crippen LogP contribution in [-0.2, 0) is 0 Å². The fourth-order valence-electron chi connectivity index (χ4n) is 2.62. The van der Waals surface area contributed by atoms with Gasteiger partial charge in [0.05, 0.1) is 11.1 Å². The third-order valence-electron chi connectivity index (χ3n) is 3.56. The maximum absolute atomic E-state index is 12.7. The molecule has 2 N–H and O–H groups in total. The molecule has 1 aliphatic carbocycles. The number of anilines is 2. The lowest BCUT2D eigenvalue weighted by atomic mass is 9.82. The van der Waals surface area contributed by atoms with E-state index in [1.807, 2.05) is 38.9 Å². The Bertz CT molecular complexity index is 749. The number of carbonyl (C=O) groups is 2. The minimum absolute atomic E-state index is 0.147. The second-order valence-corrected chi connectivity index (χ2v) is 5.02. The van der Waals surface area contributed by atoms with Gasteiger partial charge in [-0.05, 0) is 12.1 Å². The maximum atomic E-state index is 12.7. The van der Waals surface area contributed by atoms with E-state index in [0.29, 0.717) is 27.9 Å². The normalized spacial score (nSPS) is 12.0. The van der Waals surface area contributed by atoms with E-state index < -0.39 is 0 Å². The van der Waals surface area contributed by atoms with E-state index in [1.165, 1.54) is 0 Å². The van der Waals surface area contributed by atoms with E-state index in [1.54, 1.807) is 30.3 Å². The van der Waals surface area contributed by atoms with Crippen molar-refractivity contribution in [2.75, 3.05) is 24.7 Å². The molecule has 0 aliphatic heterocycles. The topological polar surface area (TPSA) is 63.4 Å². The first-order valence-electron chi connectivity index (χ1n) is 7.30. The number of nitrogens with two attached hydrogens (primary N) is 1. The van der Waals surface area contributed by atoms with Crippen LogP contribution in [-0.4, -0.2) is 25.7 Å². The van der Waals surface area contributed by atoms with Crippen molar-refractivity contribution in [1.82, 2.24) is 0 Å². The van der Waals surface area contributed by atoms with Crippen LogP contribution in [0.4, 0.5) is 11.4 Å². The molecule has 4 nitrogen and oxygen atoms in total. The Hall–Kier alpha value is -2.62. The lowest BCUT2D eigenvalue weighted by Gasteiger charge is -2.24. The van der Waals surface area contributed by atoms with E-state index in [-0.39, 0.29) is 11.6 Å². The highest BCUT2D eigenvalue weighted by Gasteiger charge is 2.33. The molecule has 0 spiro atoms.